The number of rotatable bonds is 3. The van der Waals surface area contributed by atoms with Gasteiger partial charge in [-0.1, -0.05) is 17.9 Å². The zero-order valence-corrected chi connectivity index (χ0v) is 10.00. The minimum absolute atomic E-state index is 0.170. The zero-order valence-electron chi connectivity index (χ0n) is 10.00. The Balaban J connectivity index is 2.27. The van der Waals surface area contributed by atoms with Crippen molar-refractivity contribution in [2.24, 2.45) is 0 Å². The SMILES string of the molecule is COc1ccc(Cn2cncn2)cc1C#CCO. The topological polar surface area (TPSA) is 60.2 Å². The maximum atomic E-state index is 8.73. The summed E-state index contributed by atoms with van der Waals surface area (Å²) in [5.41, 5.74) is 1.80. The molecule has 5 heteroatoms. The summed E-state index contributed by atoms with van der Waals surface area (Å²) in [5, 5.41) is 12.8. The van der Waals surface area contributed by atoms with Crippen LogP contribution in [0, 0.1) is 11.8 Å². The molecule has 0 aliphatic heterocycles. The number of nitrogens with zero attached hydrogens (tertiary/aromatic N) is 3. The van der Waals surface area contributed by atoms with E-state index in [1.807, 2.05) is 18.2 Å². The van der Waals surface area contributed by atoms with Crippen LogP contribution in [0.15, 0.2) is 30.9 Å². The van der Waals surface area contributed by atoms with E-state index in [0.717, 1.165) is 11.1 Å². The summed E-state index contributed by atoms with van der Waals surface area (Å²) in [6.07, 6.45) is 3.15. The molecule has 0 unspecified atom stereocenters. The Morgan fingerprint density at radius 2 is 2.33 bits per heavy atom. The lowest BCUT2D eigenvalue weighted by atomic mass is 10.1. The fraction of sp³-hybridized carbons (Fsp3) is 0.231. The predicted octanol–water partition coefficient (Wildman–Crippen LogP) is 0.679. The summed E-state index contributed by atoms with van der Waals surface area (Å²) in [4.78, 5) is 3.89. The fourth-order valence-electron chi connectivity index (χ4n) is 1.59. The summed E-state index contributed by atoms with van der Waals surface area (Å²) >= 11 is 0. The highest BCUT2D eigenvalue weighted by Crippen LogP contribution is 2.19. The van der Waals surface area contributed by atoms with E-state index in [0.29, 0.717) is 12.3 Å². The quantitative estimate of drug-likeness (QED) is 0.805. The summed E-state index contributed by atoms with van der Waals surface area (Å²) in [6, 6.07) is 5.72. The molecule has 0 radical (unpaired) electrons. The number of methoxy groups -OCH3 is 1. The van der Waals surface area contributed by atoms with Gasteiger partial charge in [0.15, 0.2) is 0 Å². The molecular weight excluding hydrogens is 230 g/mol. The molecule has 18 heavy (non-hydrogen) atoms. The molecule has 2 rings (SSSR count). The minimum atomic E-state index is -0.170. The van der Waals surface area contributed by atoms with E-state index in [1.54, 1.807) is 18.1 Å². The fourth-order valence-corrected chi connectivity index (χ4v) is 1.59. The third-order valence-electron chi connectivity index (χ3n) is 2.38. The minimum Gasteiger partial charge on any atom is -0.495 e. The van der Waals surface area contributed by atoms with Crippen molar-refractivity contribution in [3.05, 3.63) is 42.0 Å². The first-order chi connectivity index (χ1) is 8.83. The number of ether oxygens (including phenoxy) is 1. The van der Waals surface area contributed by atoms with Gasteiger partial charge in [0.25, 0.3) is 0 Å². The summed E-state index contributed by atoms with van der Waals surface area (Å²) < 4.78 is 6.94. The molecule has 0 amide bonds. The second-order valence-corrected chi connectivity index (χ2v) is 3.59. The monoisotopic (exact) mass is 243 g/mol. The van der Waals surface area contributed by atoms with Gasteiger partial charge >= 0.3 is 0 Å². The van der Waals surface area contributed by atoms with Crippen molar-refractivity contribution in [3.63, 3.8) is 0 Å². The van der Waals surface area contributed by atoms with Crippen LogP contribution in [-0.2, 0) is 6.54 Å². The van der Waals surface area contributed by atoms with Crippen molar-refractivity contribution in [2.75, 3.05) is 13.7 Å². The Labute approximate surface area is 105 Å². The molecule has 0 saturated heterocycles. The first-order valence-corrected chi connectivity index (χ1v) is 5.42. The van der Waals surface area contributed by atoms with Crippen LogP contribution in [0.4, 0.5) is 0 Å². The van der Waals surface area contributed by atoms with Gasteiger partial charge in [-0.2, -0.15) is 5.10 Å². The molecule has 0 aliphatic rings. The Morgan fingerprint density at radius 3 is 3.00 bits per heavy atom. The summed E-state index contributed by atoms with van der Waals surface area (Å²) in [6.45, 7) is 0.453. The van der Waals surface area contributed by atoms with Crippen molar-refractivity contribution in [1.82, 2.24) is 14.8 Å². The Hall–Kier alpha value is -2.32. The molecule has 5 nitrogen and oxygen atoms in total. The smallest absolute Gasteiger partial charge is 0.137 e. The highest BCUT2D eigenvalue weighted by atomic mass is 16.5. The second kappa shape index (κ2) is 5.84. The van der Waals surface area contributed by atoms with Gasteiger partial charge in [0.05, 0.1) is 19.2 Å². The molecule has 1 aromatic heterocycles. The number of hydrogen-bond acceptors (Lipinski definition) is 4. The third kappa shape index (κ3) is 2.87. The van der Waals surface area contributed by atoms with Gasteiger partial charge in [-0.3, -0.25) is 0 Å². The van der Waals surface area contributed by atoms with Crippen LogP contribution in [0.5, 0.6) is 5.75 Å². The van der Waals surface area contributed by atoms with E-state index in [4.69, 9.17) is 9.84 Å². The maximum absolute atomic E-state index is 8.73. The molecule has 0 bridgehead atoms. The van der Waals surface area contributed by atoms with Gasteiger partial charge in [0.2, 0.25) is 0 Å². The number of benzene rings is 1. The van der Waals surface area contributed by atoms with Crippen molar-refractivity contribution >= 4 is 0 Å². The highest BCUT2D eigenvalue weighted by molar-refractivity contribution is 5.48. The first-order valence-electron chi connectivity index (χ1n) is 5.42. The number of hydrogen-bond donors (Lipinski definition) is 1. The van der Waals surface area contributed by atoms with Gasteiger partial charge in [-0.15, -0.1) is 0 Å². The van der Waals surface area contributed by atoms with E-state index in [2.05, 4.69) is 21.9 Å². The first kappa shape index (κ1) is 12.1. The number of aromatic nitrogens is 3. The lowest BCUT2D eigenvalue weighted by molar-refractivity contribution is 0.350. The van der Waals surface area contributed by atoms with E-state index in [1.165, 1.54) is 6.33 Å². The Kier molecular flexibility index (Phi) is 3.94. The molecule has 1 heterocycles. The van der Waals surface area contributed by atoms with Gasteiger partial charge in [-0.05, 0) is 17.7 Å². The van der Waals surface area contributed by atoms with Crippen LogP contribution < -0.4 is 4.74 Å². The lowest BCUT2D eigenvalue weighted by Gasteiger charge is -2.06. The molecular formula is C13H13N3O2. The van der Waals surface area contributed by atoms with Crippen molar-refractivity contribution in [3.8, 4) is 17.6 Å². The van der Waals surface area contributed by atoms with Crippen molar-refractivity contribution in [2.45, 2.75) is 6.54 Å². The molecule has 0 spiro atoms. The second-order valence-electron chi connectivity index (χ2n) is 3.59. The molecule has 1 N–H and O–H groups in total. The average molecular weight is 243 g/mol. The maximum Gasteiger partial charge on any atom is 0.137 e. The van der Waals surface area contributed by atoms with Gasteiger partial charge in [0.1, 0.15) is 25.0 Å². The highest BCUT2D eigenvalue weighted by Gasteiger charge is 2.03. The molecule has 92 valence electrons. The van der Waals surface area contributed by atoms with E-state index >= 15 is 0 Å². The molecule has 2 aromatic rings. The van der Waals surface area contributed by atoms with E-state index < -0.39 is 0 Å². The lowest BCUT2D eigenvalue weighted by Crippen LogP contribution is -2.00. The van der Waals surface area contributed by atoms with E-state index in [-0.39, 0.29) is 6.61 Å². The largest absolute Gasteiger partial charge is 0.495 e. The van der Waals surface area contributed by atoms with Crippen LogP contribution in [0.3, 0.4) is 0 Å². The van der Waals surface area contributed by atoms with Gasteiger partial charge in [-0.25, -0.2) is 9.67 Å². The van der Waals surface area contributed by atoms with Crippen LogP contribution in [0.2, 0.25) is 0 Å². The Bertz CT molecular complexity index is 568. The van der Waals surface area contributed by atoms with Crippen LogP contribution in [-0.4, -0.2) is 33.6 Å². The van der Waals surface area contributed by atoms with Crippen molar-refractivity contribution < 1.29 is 9.84 Å². The van der Waals surface area contributed by atoms with Crippen molar-refractivity contribution in [1.29, 1.82) is 0 Å². The number of aliphatic hydroxyl groups is 1. The normalized spacial score (nSPS) is 9.67. The molecule has 0 fully saturated rings. The Morgan fingerprint density at radius 1 is 1.44 bits per heavy atom. The zero-order chi connectivity index (χ0) is 12.8. The molecule has 0 aliphatic carbocycles. The molecule has 1 aromatic carbocycles. The molecule has 0 saturated carbocycles. The van der Waals surface area contributed by atoms with Gasteiger partial charge < -0.3 is 9.84 Å². The van der Waals surface area contributed by atoms with Crippen LogP contribution in [0.25, 0.3) is 0 Å². The van der Waals surface area contributed by atoms with Crippen LogP contribution >= 0.6 is 0 Å². The molecule has 0 atom stereocenters. The van der Waals surface area contributed by atoms with Gasteiger partial charge in [0, 0.05) is 0 Å². The summed E-state index contributed by atoms with van der Waals surface area (Å²) in [5.74, 6) is 6.17. The van der Waals surface area contributed by atoms with Crippen LogP contribution in [0.1, 0.15) is 11.1 Å². The number of aliphatic hydroxyl groups excluding tert-OH is 1. The van der Waals surface area contributed by atoms with E-state index in [9.17, 15) is 0 Å². The third-order valence-corrected chi connectivity index (χ3v) is 2.38. The average Bonchev–Trinajstić information content (AvgIpc) is 2.89. The summed E-state index contributed by atoms with van der Waals surface area (Å²) in [7, 11) is 1.59. The standard InChI is InChI=1S/C13H13N3O2/c1-18-13-5-4-11(7-12(13)3-2-6-17)8-16-10-14-9-15-16/h4-5,7,9-10,17H,6,8H2,1H3. The predicted molar refractivity (Wildman–Crippen MR) is 66.1 cm³/mol.